The monoisotopic (exact) mass is 314 g/mol. The van der Waals surface area contributed by atoms with Crippen LogP contribution in [0.15, 0.2) is 48.5 Å². The molecule has 23 heavy (non-hydrogen) atoms. The average molecular weight is 314 g/mol. The molecule has 0 aliphatic heterocycles. The molecule has 0 aliphatic carbocycles. The fraction of sp³-hybridized carbons (Fsp3) is 0.222. The number of hydrogen-bond acceptors (Lipinski definition) is 5. The summed E-state index contributed by atoms with van der Waals surface area (Å²) in [6.07, 6.45) is 0.890. The first kappa shape index (κ1) is 16.5. The van der Waals surface area contributed by atoms with E-state index in [4.69, 9.17) is 9.47 Å². The van der Waals surface area contributed by atoms with Crippen molar-refractivity contribution >= 4 is 11.9 Å². The number of carbonyl (C=O) groups is 2. The van der Waals surface area contributed by atoms with Crippen molar-refractivity contribution in [3.63, 3.8) is 0 Å². The number of esters is 2. The van der Waals surface area contributed by atoms with Crippen LogP contribution < -0.4 is 9.47 Å². The standard InChI is InChI=1S/C18H18O5/c1-3-11-22-16-6-4-5-14(12-16)18(20)23-15-9-7-13(8-10-15)17(19)21-2/h4-10,12H,3,11H2,1-2H3. The first-order valence-corrected chi connectivity index (χ1v) is 7.27. The van der Waals surface area contributed by atoms with E-state index < -0.39 is 11.9 Å². The molecule has 0 spiro atoms. The largest absolute Gasteiger partial charge is 0.494 e. The van der Waals surface area contributed by atoms with Gasteiger partial charge in [-0.3, -0.25) is 0 Å². The molecule has 0 N–H and O–H groups in total. The Balaban J connectivity index is 2.05. The molecule has 0 saturated carbocycles. The Bertz CT molecular complexity index is 676. The molecule has 0 bridgehead atoms. The minimum absolute atomic E-state index is 0.350. The number of benzene rings is 2. The second-order valence-electron chi connectivity index (χ2n) is 4.78. The van der Waals surface area contributed by atoms with Gasteiger partial charge in [-0.05, 0) is 48.9 Å². The van der Waals surface area contributed by atoms with E-state index >= 15 is 0 Å². The van der Waals surface area contributed by atoms with E-state index in [9.17, 15) is 9.59 Å². The maximum atomic E-state index is 12.1. The first-order chi connectivity index (χ1) is 11.1. The summed E-state index contributed by atoms with van der Waals surface area (Å²) < 4.78 is 15.4. The third kappa shape index (κ3) is 4.57. The van der Waals surface area contributed by atoms with Crippen LogP contribution >= 0.6 is 0 Å². The minimum atomic E-state index is -0.488. The lowest BCUT2D eigenvalue weighted by Crippen LogP contribution is -2.09. The van der Waals surface area contributed by atoms with Gasteiger partial charge in [0.1, 0.15) is 11.5 Å². The van der Waals surface area contributed by atoms with E-state index in [1.807, 2.05) is 6.92 Å². The van der Waals surface area contributed by atoms with Crippen molar-refractivity contribution in [3.05, 3.63) is 59.7 Å². The molecule has 2 rings (SSSR count). The zero-order valence-electron chi connectivity index (χ0n) is 13.1. The quantitative estimate of drug-likeness (QED) is 0.603. The van der Waals surface area contributed by atoms with Crippen LogP contribution in [0.3, 0.4) is 0 Å². The first-order valence-electron chi connectivity index (χ1n) is 7.27. The normalized spacial score (nSPS) is 10.0. The Kier molecular flexibility index (Phi) is 5.74. The van der Waals surface area contributed by atoms with Crippen molar-refractivity contribution in [1.82, 2.24) is 0 Å². The third-order valence-electron chi connectivity index (χ3n) is 3.03. The van der Waals surface area contributed by atoms with Gasteiger partial charge in [0.05, 0.1) is 24.8 Å². The molecule has 120 valence electrons. The van der Waals surface area contributed by atoms with E-state index in [1.165, 1.54) is 19.2 Å². The van der Waals surface area contributed by atoms with Gasteiger partial charge in [0.25, 0.3) is 0 Å². The maximum absolute atomic E-state index is 12.1. The lowest BCUT2D eigenvalue weighted by Gasteiger charge is -2.08. The lowest BCUT2D eigenvalue weighted by molar-refractivity contribution is 0.0600. The molecule has 2 aromatic carbocycles. The average Bonchev–Trinajstić information content (AvgIpc) is 2.60. The smallest absolute Gasteiger partial charge is 0.343 e. The van der Waals surface area contributed by atoms with Crippen molar-refractivity contribution in [2.24, 2.45) is 0 Å². The van der Waals surface area contributed by atoms with E-state index in [-0.39, 0.29) is 0 Å². The number of hydrogen-bond donors (Lipinski definition) is 0. The molecule has 5 nitrogen and oxygen atoms in total. The van der Waals surface area contributed by atoms with Crippen LogP contribution in [0, 0.1) is 0 Å². The Morgan fingerprint density at radius 3 is 2.30 bits per heavy atom. The SMILES string of the molecule is CCCOc1cccc(C(=O)Oc2ccc(C(=O)OC)cc2)c1. The summed E-state index contributed by atoms with van der Waals surface area (Å²) in [5, 5.41) is 0. The van der Waals surface area contributed by atoms with Gasteiger partial charge in [-0.2, -0.15) is 0 Å². The predicted octanol–water partition coefficient (Wildman–Crippen LogP) is 3.48. The summed E-state index contributed by atoms with van der Waals surface area (Å²) in [7, 11) is 1.31. The highest BCUT2D eigenvalue weighted by Gasteiger charge is 2.11. The van der Waals surface area contributed by atoms with Crippen LogP contribution in [0.2, 0.25) is 0 Å². The molecular formula is C18H18O5. The topological polar surface area (TPSA) is 61.8 Å². The summed E-state index contributed by atoms with van der Waals surface area (Å²) in [4.78, 5) is 23.5. The van der Waals surface area contributed by atoms with Gasteiger partial charge < -0.3 is 14.2 Å². The summed E-state index contributed by atoms with van der Waals surface area (Å²) >= 11 is 0. The predicted molar refractivity (Wildman–Crippen MR) is 85.0 cm³/mol. The fourth-order valence-corrected chi connectivity index (χ4v) is 1.88. The molecule has 0 aliphatic rings. The molecule has 0 atom stereocenters. The molecule has 0 radical (unpaired) electrons. The molecule has 0 heterocycles. The summed E-state index contributed by atoms with van der Waals surface area (Å²) in [6.45, 7) is 2.60. The van der Waals surface area contributed by atoms with E-state index in [0.717, 1.165) is 6.42 Å². The van der Waals surface area contributed by atoms with Gasteiger partial charge in [-0.1, -0.05) is 13.0 Å². The number of carbonyl (C=O) groups excluding carboxylic acids is 2. The molecule has 0 aromatic heterocycles. The van der Waals surface area contributed by atoms with Crippen molar-refractivity contribution in [1.29, 1.82) is 0 Å². The second kappa shape index (κ2) is 7.98. The molecule has 0 amide bonds. The van der Waals surface area contributed by atoms with Gasteiger partial charge in [-0.25, -0.2) is 9.59 Å². The number of rotatable bonds is 6. The van der Waals surface area contributed by atoms with Gasteiger partial charge >= 0.3 is 11.9 Å². The summed E-state index contributed by atoms with van der Waals surface area (Å²) in [5.41, 5.74) is 0.790. The second-order valence-corrected chi connectivity index (χ2v) is 4.78. The molecule has 2 aromatic rings. The third-order valence-corrected chi connectivity index (χ3v) is 3.03. The van der Waals surface area contributed by atoms with E-state index in [0.29, 0.717) is 29.2 Å². The molecule has 0 saturated heterocycles. The molecule has 0 unspecified atom stereocenters. The van der Waals surface area contributed by atoms with Crippen LogP contribution in [-0.2, 0) is 4.74 Å². The highest BCUT2D eigenvalue weighted by molar-refractivity contribution is 5.92. The molecule has 0 fully saturated rings. The minimum Gasteiger partial charge on any atom is -0.494 e. The van der Waals surface area contributed by atoms with Crippen LogP contribution in [0.1, 0.15) is 34.1 Å². The van der Waals surface area contributed by atoms with E-state index in [2.05, 4.69) is 4.74 Å². The van der Waals surface area contributed by atoms with Crippen LogP contribution in [-0.4, -0.2) is 25.7 Å². The Labute approximate surface area is 134 Å². The van der Waals surface area contributed by atoms with Gasteiger partial charge in [0, 0.05) is 0 Å². The summed E-state index contributed by atoms with van der Waals surface area (Å²) in [6, 6.07) is 13.0. The van der Waals surface area contributed by atoms with Crippen LogP contribution in [0.25, 0.3) is 0 Å². The van der Waals surface area contributed by atoms with Crippen LogP contribution in [0.4, 0.5) is 0 Å². The van der Waals surface area contributed by atoms with Crippen molar-refractivity contribution in [2.45, 2.75) is 13.3 Å². The Morgan fingerprint density at radius 2 is 1.65 bits per heavy atom. The number of ether oxygens (including phenoxy) is 3. The maximum Gasteiger partial charge on any atom is 0.343 e. The van der Waals surface area contributed by atoms with E-state index in [1.54, 1.807) is 36.4 Å². The zero-order valence-corrected chi connectivity index (χ0v) is 13.1. The Hall–Kier alpha value is -2.82. The lowest BCUT2D eigenvalue weighted by atomic mass is 10.2. The fourth-order valence-electron chi connectivity index (χ4n) is 1.88. The number of methoxy groups -OCH3 is 1. The molecule has 5 heteroatoms. The highest BCUT2D eigenvalue weighted by Crippen LogP contribution is 2.18. The van der Waals surface area contributed by atoms with Crippen LogP contribution in [0.5, 0.6) is 11.5 Å². The van der Waals surface area contributed by atoms with Crippen molar-refractivity contribution < 1.29 is 23.8 Å². The van der Waals surface area contributed by atoms with Gasteiger partial charge in [0.2, 0.25) is 0 Å². The van der Waals surface area contributed by atoms with Crippen molar-refractivity contribution in [2.75, 3.05) is 13.7 Å². The molecular weight excluding hydrogens is 296 g/mol. The Morgan fingerprint density at radius 1 is 0.913 bits per heavy atom. The summed E-state index contributed by atoms with van der Waals surface area (Å²) in [5.74, 6) is 0.0475. The highest BCUT2D eigenvalue weighted by atomic mass is 16.5. The zero-order chi connectivity index (χ0) is 16.7. The van der Waals surface area contributed by atoms with Gasteiger partial charge in [-0.15, -0.1) is 0 Å². The van der Waals surface area contributed by atoms with Crippen molar-refractivity contribution in [3.8, 4) is 11.5 Å². The van der Waals surface area contributed by atoms with Gasteiger partial charge in [0.15, 0.2) is 0 Å².